The lowest BCUT2D eigenvalue weighted by Crippen LogP contribution is -2.56. The number of amides is 2. The van der Waals surface area contributed by atoms with E-state index >= 15 is 0 Å². The first-order chi connectivity index (χ1) is 16.9. The maximum atomic E-state index is 13.5. The zero-order valence-corrected chi connectivity index (χ0v) is 19.8. The lowest BCUT2D eigenvalue weighted by Gasteiger charge is -2.32. The van der Waals surface area contributed by atoms with Crippen LogP contribution >= 0.6 is 0 Å². The number of carbonyl (C=O) groups is 3. The van der Waals surface area contributed by atoms with E-state index in [4.69, 9.17) is 9.47 Å². The average Bonchev–Trinajstić information content (AvgIpc) is 3.52. The first-order valence-electron chi connectivity index (χ1n) is 12.1. The lowest BCUT2D eigenvalue weighted by atomic mass is 9.98. The van der Waals surface area contributed by atoms with E-state index in [9.17, 15) is 19.5 Å². The molecular weight excluding hydrogens is 448 g/mol. The van der Waals surface area contributed by atoms with E-state index in [-0.39, 0.29) is 37.0 Å². The highest BCUT2D eigenvalue weighted by molar-refractivity contribution is 5.90. The Labute approximate surface area is 204 Å². The lowest BCUT2D eigenvalue weighted by molar-refractivity contribution is -0.151. The Morgan fingerprint density at radius 2 is 1.71 bits per heavy atom. The fraction of sp³-hybridized carbons (Fsp3) is 0.444. The van der Waals surface area contributed by atoms with Gasteiger partial charge in [-0.25, -0.2) is 9.59 Å². The zero-order valence-electron chi connectivity index (χ0n) is 19.8. The number of carboxylic acids is 1. The summed E-state index contributed by atoms with van der Waals surface area (Å²) >= 11 is 0. The highest BCUT2D eigenvalue weighted by Crippen LogP contribution is 2.44. The minimum absolute atomic E-state index is 0.0901. The minimum Gasteiger partial charge on any atom is -0.480 e. The van der Waals surface area contributed by atoms with E-state index in [2.05, 4.69) is 17.4 Å². The van der Waals surface area contributed by atoms with Crippen molar-refractivity contribution in [3.63, 3.8) is 0 Å². The first kappa shape index (κ1) is 23.4. The molecule has 8 nitrogen and oxygen atoms in total. The smallest absolute Gasteiger partial charge is 0.407 e. The van der Waals surface area contributed by atoms with Gasteiger partial charge in [0.1, 0.15) is 18.7 Å². The van der Waals surface area contributed by atoms with Gasteiger partial charge in [0.05, 0.1) is 12.1 Å². The van der Waals surface area contributed by atoms with Gasteiger partial charge in [0.25, 0.3) is 0 Å². The Morgan fingerprint density at radius 3 is 2.31 bits per heavy atom. The van der Waals surface area contributed by atoms with Crippen molar-refractivity contribution in [1.82, 2.24) is 10.2 Å². The number of hydrogen-bond donors (Lipinski definition) is 2. The maximum absolute atomic E-state index is 13.5. The molecule has 2 saturated heterocycles. The number of ether oxygens (including phenoxy) is 2. The van der Waals surface area contributed by atoms with Crippen LogP contribution in [0.2, 0.25) is 0 Å². The number of likely N-dealkylation sites (tertiary alicyclic amines) is 1. The van der Waals surface area contributed by atoms with Gasteiger partial charge in [-0.1, -0.05) is 62.4 Å². The van der Waals surface area contributed by atoms with Gasteiger partial charge in [-0.15, -0.1) is 0 Å². The second-order valence-electron chi connectivity index (χ2n) is 9.79. The Bertz CT molecular complexity index is 1100. The molecule has 184 valence electrons. The molecule has 0 aromatic heterocycles. The van der Waals surface area contributed by atoms with Gasteiger partial charge >= 0.3 is 12.1 Å². The topological polar surface area (TPSA) is 105 Å². The highest BCUT2D eigenvalue weighted by Gasteiger charge is 2.51. The van der Waals surface area contributed by atoms with Crippen LogP contribution in [0.5, 0.6) is 0 Å². The number of carboxylic acid groups (broad SMARTS) is 1. The quantitative estimate of drug-likeness (QED) is 0.660. The average molecular weight is 479 g/mol. The summed E-state index contributed by atoms with van der Waals surface area (Å²) in [5, 5.41) is 12.4. The first-order valence-corrected chi connectivity index (χ1v) is 12.1. The molecule has 2 aromatic carbocycles. The molecule has 8 heteroatoms. The second kappa shape index (κ2) is 9.34. The van der Waals surface area contributed by atoms with Gasteiger partial charge in [-0.3, -0.25) is 4.79 Å². The molecule has 2 aromatic rings. The molecule has 1 aliphatic carbocycles. The van der Waals surface area contributed by atoms with Gasteiger partial charge in [0.15, 0.2) is 0 Å². The summed E-state index contributed by atoms with van der Waals surface area (Å²) in [5.41, 5.74) is 4.47. The number of benzene rings is 2. The predicted molar refractivity (Wildman–Crippen MR) is 128 cm³/mol. The van der Waals surface area contributed by atoms with Crippen molar-refractivity contribution >= 4 is 18.0 Å². The summed E-state index contributed by atoms with van der Waals surface area (Å²) in [6, 6.07) is 14.0. The molecule has 3 unspecified atom stereocenters. The fourth-order valence-electron chi connectivity index (χ4n) is 5.72. The van der Waals surface area contributed by atoms with Crippen LogP contribution in [0.1, 0.15) is 43.7 Å². The summed E-state index contributed by atoms with van der Waals surface area (Å²) in [4.78, 5) is 39.6. The number of fused-ring (bicyclic) bond motifs is 4. The van der Waals surface area contributed by atoms with Crippen LogP contribution in [0.25, 0.3) is 11.1 Å². The second-order valence-corrected chi connectivity index (χ2v) is 9.79. The number of rotatable bonds is 6. The SMILES string of the molecule is CC(C)[C@H](NC(=O)OCC1c2ccccc2-c2ccccc21)C(=O)N1C(C(=O)O)CC2OCCC21. The molecule has 2 aliphatic heterocycles. The molecule has 2 N–H and O–H groups in total. The van der Waals surface area contributed by atoms with Crippen LogP contribution in [0.4, 0.5) is 4.79 Å². The van der Waals surface area contributed by atoms with Gasteiger partial charge in [0, 0.05) is 18.9 Å². The van der Waals surface area contributed by atoms with Crippen LogP contribution in [-0.4, -0.2) is 65.4 Å². The largest absolute Gasteiger partial charge is 0.480 e. The molecule has 3 aliphatic rings. The number of alkyl carbamates (subject to hydrolysis) is 1. The van der Waals surface area contributed by atoms with Gasteiger partial charge < -0.3 is 24.8 Å². The standard InChI is InChI=1S/C27H30N2O6/c1-15(2)24(25(30)29-21-11-12-34-23(21)13-22(29)26(31)32)28-27(33)35-14-20-18-9-5-3-7-16(18)17-8-4-6-10-19(17)20/h3-10,15,20-24H,11-14H2,1-2H3,(H,28,33)(H,31,32)/t21?,22?,23?,24-/m0/s1. The fourth-order valence-corrected chi connectivity index (χ4v) is 5.72. The summed E-state index contributed by atoms with van der Waals surface area (Å²) in [5.74, 6) is -1.80. The van der Waals surface area contributed by atoms with Crippen molar-refractivity contribution in [1.29, 1.82) is 0 Å². The van der Waals surface area contributed by atoms with Crippen molar-refractivity contribution in [2.75, 3.05) is 13.2 Å². The summed E-state index contributed by atoms with van der Waals surface area (Å²) in [6.45, 7) is 4.28. The van der Waals surface area contributed by atoms with Crippen molar-refractivity contribution in [2.45, 2.75) is 56.8 Å². The Kier molecular flexibility index (Phi) is 6.23. The van der Waals surface area contributed by atoms with Gasteiger partial charge in [0.2, 0.25) is 5.91 Å². The van der Waals surface area contributed by atoms with Crippen LogP contribution in [0, 0.1) is 5.92 Å². The molecule has 0 radical (unpaired) electrons. The number of hydrogen-bond acceptors (Lipinski definition) is 5. The minimum atomic E-state index is -1.06. The van der Waals surface area contributed by atoms with E-state index in [1.807, 2.05) is 50.2 Å². The number of nitrogens with one attached hydrogen (secondary N) is 1. The molecule has 0 spiro atoms. The monoisotopic (exact) mass is 478 g/mol. The Morgan fingerprint density at radius 1 is 1.09 bits per heavy atom. The number of nitrogens with zero attached hydrogens (tertiary/aromatic N) is 1. The zero-order chi connectivity index (χ0) is 24.7. The molecule has 0 bridgehead atoms. The number of aliphatic carboxylic acids is 1. The van der Waals surface area contributed by atoms with Crippen LogP contribution in [-0.2, 0) is 19.1 Å². The molecule has 2 fully saturated rings. The third-order valence-corrected chi connectivity index (χ3v) is 7.41. The summed E-state index contributed by atoms with van der Waals surface area (Å²) in [6.07, 6.45) is -0.108. The van der Waals surface area contributed by atoms with Crippen molar-refractivity contribution in [2.24, 2.45) is 5.92 Å². The van der Waals surface area contributed by atoms with Crippen LogP contribution < -0.4 is 5.32 Å². The molecule has 35 heavy (non-hydrogen) atoms. The van der Waals surface area contributed by atoms with Crippen molar-refractivity contribution in [3.8, 4) is 11.1 Å². The molecule has 4 atom stereocenters. The van der Waals surface area contributed by atoms with Crippen LogP contribution in [0.3, 0.4) is 0 Å². The summed E-state index contributed by atoms with van der Waals surface area (Å²) in [7, 11) is 0. The van der Waals surface area contributed by atoms with Gasteiger partial charge in [-0.2, -0.15) is 0 Å². The van der Waals surface area contributed by atoms with Crippen LogP contribution in [0.15, 0.2) is 48.5 Å². The molecule has 5 rings (SSSR count). The van der Waals surface area contributed by atoms with E-state index < -0.39 is 30.1 Å². The number of carbonyl (C=O) groups excluding carboxylic acids is 2. The summed E-state index contributed by atoms with van der Waals surface area (Å²) < 4.78 is 11.3. The van der Waals surface area contributed by atoms with E-state index in [0.29, 0.717) is 13.0 Å². The molecule has 2 heterocycles. The van der Waals surface area contributed by atoms with E-state index in [1.165, 1.54) is 4.90 Å². The molecular formula is C27H30N2O6. The highest BCUT2D eigenvalue weighted by atomic mass is 16.5. The Balaban J connectivity index is 1.29. The predicted octanol–water partition coefficient (Wildman–Crippen LogP) is 3.39. The molecule has 2 amide bonds. The molecule has 0 saturated carbocycles. The third kappa shape index (κ3) is 4.16. The maximum Gasteiger partial charge on any atom is 0.407 e. The van der Waals surface area contributed by atoms with Crippen molar-refractivity contribution in [3.05, 3.63) is 59.7 Å². The normalized spacial score (nSPS) is 23.5. The van der Waals surface area contributed by atoms with Gasteiger partial charge in [-0.05, 0) is 34.6 Å². The van der Waals surface area contributed by atoms with E-state index in [0.717, 1.165) is 22.3 Å². The third-order valence-electron chi connectivity index (χ3n) is 7.41. The van der Waals surface area contributed by atoms with Crippen molar-refractivity contribution < 1.29 is 29.0 Å². The Hall–Kier alpha value is -3.39. The van der Waals surface area contributed by atoms with E-state index in [1.54, 1.807) is 0 Å².